The SMILES string of the molecule is Cc1occc1-c1nnc(Sc2nc(C3CC3)ns2)n1N. The Balaban J connectivity index is 1.60. The predicted molar refractivity (Wildman–Crippen MR) is 78.6 cm³/mol. The van der Waals surface area contributed by atoms with Crippen molar-refractivity contribution in [2.24, 2.45) is 0 Å². The average Bonchev–Trinajstić information content (AvgIpc) is 2.91. The van der Waals surface area contributed by atoms with Crippen molar-refractivity contribution in [3.63, 3.8) is 0 Å². The number of aromatic nitrogens is 5. The van der Waals surface area contributed by atoms with Crippen molar-refractivity contribution in [2.45, 2.75) is 35.2 Å². The lowest BCUT2D eigenvalue weighted by Crippen LogP contribution is -2.11. The van der Waals surface area contributed by atoms with Crippen LogP contribution in [0.5, 0.6) is 0 Å². The highest BCUT2D eigenvalue weighted by atomic mass is 32.2. The summed E-state index contributed by atoms with van der Waals surface area (Å²) in [6.45, 7) is 1.86. The Bertz CT molecular complexity index is 787. The van der Waals surface area contributed by atoms with Gasteiger partial charge in [0, 0.05) is 5.92 Å². The van der Waals surface area contributed by atoms with Gasteiger partial charge >= 0.3 is 0 Å². The highest BCUT2D eigenvalue weighted by Crippen LogP contribution is 2.40. The van der Waals surface area contributed by atoms with E-state index in [0.717, 1.165) is 21.5 Å². The van der Waals surface area contributed by atoms with Crippen LogP contribution in [-0.4, -0.2) is 24.2 Å². The first-order valence-corrected chi connectivity index (χ1v) is 8.08. The van der Waals surface area contributed by atoms with E-state index >= 15 is 0 Å². The van der Waals surface area contributed by atoms with Gasteiger partial charge in [-0.3, -0.25) is 0 Å². The van der Waals surface area contributed by atoms with E-state index < -0.39 is 0 Å². The Morgan fingerprint density at radius 1 is 1.43 bits per heavy atom. The maximum atomic E-state index is 6.08. The molecule has 9 heteroatoms. The molecule has 1 saturated carbocycles. The van der Waals surface area contributed by atoms with Crippen molar-refractivity contribution < 1.29 is 4.42 Å². The molecule has 0 bridgehead atoms. The summed E-state index contributed by atoms with van der Waals surface area (Å²) < 4.78 is 11.9. The van der Waals surface area contributed by atoms with E-state index in [1.54, 1.807) is 6.26 Å². The second kappa shape index (κ2) is 4.85. The number of aryl methyl sites for hydroxylation is 1. The van der Waals surface area contributed by atoms with Crippen LogP contribution in [0.1, 0.15) is 30.3 Å². The van der Waals surface area contributed by atoms with Crippen LogP contribution in [0.2, 0.25) is 0 Å². The summed E-state index contributed by atoms with van der Waals surface area (Å²) in [4.78, 5) is 4.51. The summed E-state index contributed by atoms with van der Waals surface area (Å²) in [7, 11) is 0. The Kier molecular flexibility index (Phi) is 2.96. The van der Waals surface area contributed by atoms with E-state index in [2.05, 4.69) is 19.6 Å². The van der Waals surface area contributed by atoms with Crippen LogP contribution >= 0.6 is 23.3 Å². The normalized spacial score (nSPS) is 14.7. The van der Waals surface area contributed by atoms with Crippen molar-refractivity contribution in [3.05, 3.63) is 23.9 Å². The zero-order valence-corrected chi connectivity index (χ0v) is 12.8. The first kappa shape index (κ1) is 12.8. The van der Waals surface area contributed by atoms with Gasteiger partial charge in [-0.05, 0) is 49.1 Å². The van der Waals surface area contributed by atoms with Gasteiger partial charge < -0.3 is 10.3 Å². The van der Waals surface area contributed by atoms with Crippen molar-refractivity contribution in [3.8, 4) is 11.4 Å². The van der Waals surface area contributed by atoms with Crippen molar-refractivity contribution in [2.75, 3.05) is 5.84 Å². The number of nitrogens with zero attached hydrogens (tertiary/aromatic N) is 5. The van der Waals surface area contributed by atoms with Gasteiger partial charge in [0.2, 0.25) is 5.16 Å². The largest absolute Gasteiger partial charge is 0.469 e. The zero-order valence-electron chi connectivity index (χ0n) is 11.2. The van der Waals surface area contributed by atoms with Gasteiger partial charge in [0.15, 0.2) is 10.2 Å². The maximum Gasteiger partial charge on any atom is 0.217 e. The smallest absolute Gasteiger partial charge is 0.217 e. The highest BCUT2D eigenvalue weighted by molar-refractivity contribution is 8.00. The lowest BCUT2D eigenvalue weighted by Gasteiger charge is -2.00. The third kappa shape index (κ3) is 2.32. The maximum absolute atomic E-state index is 6.08. The molecule has 108 valence electrons. The third-order valence-corrected chi connectivity index (χ3v) is 5.03. The molecule has 7 nitrogen and oxygen atoms in total. The summed E-state index contributed by atoms with van der Waals surface area (Å²) in [5.74, 6) is 8.91. The van der Waals surface area contributed by atoms with E-state index in [9.17, 15) is 0 Å². The van der Waals surface area contributed by atoms with Gasteiger partial charge in [-0.25, -0.2) is 9.66 Å². The molecule has 3 aromatic rings. The van der Waals surface area contributed by atoms with Gasteiger partial charge in [-0.15, -0.1) is 10.2 Å². The lowest BCUT2D eigenvalue weighted by atomic mass is 10.2. The molecule has 1 aliphatic rings. The fourth-order valence-corrected chi connectivity index (χ4v) is 3.54. The molecular weight excluding hydrogens is 308 g/mol. The van der Waals surface area contributed by atoms with Gasteiger partial charge in [0.05, 0.1) is 11.8 Å². The Hall–Kier alpha value is -1.87. The molecule has 0 aromatic carbocycles. The Morgan fingerprint density at radius 2 is 2.29 bits per heavy atom. The fraction of sp³-hybridized carbons (Fsp3) is 0.333. The predicted octanol–water partition coefficient (Wildman–Crippen LogP) is 2.44. The Labute approximate surface area is 128 Å². The van der Waals surface area contributed by atoms with Crippen molar-refractivity contribution in [1.29, 1.82) is 0 Å². The number of rotatable bonds is 4. The molecular formula is C12H12N6OS2. The second-order valence-corrected chi connectivity index (χ2v) is 6.83. The zero-order chi connectivity index (χ0) is 14.4. The number of hydrogen-bond donors (Lipinski definition) is 1. The molecule has 2 N–H and O–H groups in total. The number of hydrogen-bond acceptors (Lipinski definition) is 8. The van der Waals surface area contributed by atoms with Crippen LogP contribution in [0.4, 0.5) is 0 Å². The van der Waals surface area contributed by atoms with Gasteiger partial charge in [0.1, 0.15) is 11.6 Å². The van der Waals surface area contributed by atoms with Crippen LogP contribution in [0, 0.1) is 6.92 Å². The topological polar surface area (TPSA) is 95.6 Å². The Morgan fingerprint density at radius 3 is 3.00 bits per heavy atom. The molecule has 0 aliphatic heterocycles. The summed E-state index contributed by atoms with van der Waals surface area (Å²) in [5, 5.41) is 8.85. The number of nitrogen functional groups attached to an aromatic ring is 1. The van der Waals surface area contributed by atoms with E-state index in [1.165, 1.54) is 40.8 Å². The van der Waals surface area contributed by atoms with Crippen LogP contribution in [0.25, 0.3) is 11.4 Å². The number of nitrogens with two attached hydrogens (primary N) is 1. The molecule has 0 spiro atoms. The lowest BCUT2D eigenvalue weighted by molar-refractivity contribution is 0.535. The molecule has 3 aromatic heterocycles. The molecule has 4 rings (SSSR count). The standard InChI is InChI=1S/C12H12N6OS2/c1-6-8(4-5-19-6)10-15-16-11(18(10)13)20-12-14-9(17-21-12)7-2-3-7/h4-5,7H,2-3,13H2,1H3. The van der Waals surface area contributed by atoms with Crippen LogP contribution in [-0.2, 0) is 0 Å². The minimum atomic E-state index is 0.551. The van der Waals surface area contributed by atoms with Crippen molar-refractivity contribution >= 4 is 23.3 Å². The van der Waals surface area contributed by atoms with E-state index in [0.29, 0.717) is 16.9 Å². The van der Waals surface area contributed by atoms with Crippen LogP contribution in [0.3, 0.4) is 0 Å². The average molecular weight is 320 g/mol. The number of furan rings is 1. The minimum Gasteiger partial charge on any atom is -0.469 e. The molecule has 0 unspecified atom stereocenters. The first-order chi connectivity index (χ1) is 10.2. The monoisotopic (exact) mass is 320 g/mol. The van der Waals surface area contributed by atoms with E-state index in [4.69, 9.17) is 10.3 Å². The molecule has 0 amide bonds. The summed E-state index contributed by atoms with van der Waals surface area (Å²) in [6.07, 6.45) is 3.99. The highest BCUT2D eigenvalue weighted by Gasteiger charge is 2.28. The second-order valence-electron chi connectivity index (χ2n) is 4.86. The fourth-order valence-electron chi connectivity index (χ4n) is 1.99. The molecule has 0 radical (unpaired) electrons. The first-order valence-electron chi connectivity index (χ1n) is 6.49. The van der Waals surface area contributed by atoms with Gasteiger partial charge in [-0.2, -0.15) is 4.37 Å². The minimum absolute atomic E-state index is 0.551. The third-order valence-electron chi connectivity index (χ3n) is 3.31. The molecule has 1 aliphatic carbocycles. The summed E-state index contributed by atoms with van der Waals surface area (Å²) in [6, 6.07) is 1.83. The molecule has 1 fully saturated rings. The van der Waals surface area contributed by atoms with Crippen LogP contribution in [0.15, 0.2) is 26.2 Å². The molecule has 21 heavy (non-hydrogen) atoms. The van der Waals surface area contributed by atoms with E-state index in [1.807, 2.05) is 13.0 Å². The summed E-state index contributed by atoms with van der Waals surface area (Å²) in [5.41, 5.74) is 0.841. The van der Waals surface area contributed by atoms with Crippen molar-refractivity contribution in [1.82, 2.24) is 24.2 Å². The van der Waals surface area contributed by atoms with Gasteiger partial charge in [-0.1, -0.05) is 0 Å². The molecule has 3 heterocycles. The molecule has 0 atom stereocenters. The van der Waals surface area contributed by atoms with Crippen LogP contribution < -0.4 is 5.84 Å². The molecule has 0 saturated heterocycles. The van der Waals surface area contributed by atoms with Gasteiger partial charge in [0.25, 0.3) is 0 Å². The van der Waals surface area contributed by atoms with E-state index in [-0.39, 0.29) is 0 Å². The quantitative estimate of drug-likeness (QED) is 0.737. The summed E-state index contributed by atoms with van der Waals surface area (Å²) >= 11 is 2.76.